The highest BCUT2D eigenvalue weighted by Gasteiger charge is 2.18. The van der Waals surface area contributed by atoms with Crippen molar-refractivity contribution in [2.45, 2.75) is 46.6 Å². The molecular formula is C20H31IN4O2. The van der Waals surface area contributed by atoms with Gasteiger partial charge in [0.05, 0.1) is 12.7 Å². The minimum absolute atomic E-state index is 0. The highest BCUT2D eigenvalue weighted by atomic mass is 127. The Balaban J connectivity index is 0.00000364. The number of nitrogens with zero attached hydrogens (tertiary/aromatic N) is 2. The number of oxazole rings is 1. The molecule has 0 aliphatic carbocycles. The Morgan fingerprint density at radius 1 is 1.22 bits per heavy atom. The van der Waals surface area contributed by atoms with Crippen molar-refractivity contribution in [3.05, 3.63) is 47.7 Å². The van der Waals surface area contributed by atoms with Gasteiger partial charge in [-0.2, -0.15) is 0 Å². The predicted molar refractivity (Wildman–Crippen MR) is 120 cm³/mol. The Morgan fingerprint density at radius 3 is 2.59 bits per heavy atom. The van der Waals surface area contributed by atoms with Crippen LogP contribution in [0.5, 0.6) is 5.75 Å². The molecule has 0 amide bonds. The highest BCUT2D eigenvalue weighted by Crippen LogP contribution is 2.22. The molecule has 0 bridgehead atoms. The Hall–Kier alpha value is -1.77. The first kappa shape index (κ1) is 23.3. The van der Waals surface area contributed by atoms with E-state index in [1.165, 1.54) is 0 Å². The number of aliphatic imine (C=N–C) groups is 1. The second kappa shape index (κ2) is 11.2. The van der Waals surface area contributed by atoms with Crippen LogP contribution in [0.25, 0.3) is 0 Å². The van der Waals surface area contributed by atoms with Crippen LogP contribution in [0.1, 0.15) is 44.9 Å². The van der Waals surface area contributed by atoms with E-state index in [2.05, 4.69) is 41.4 Å². The van der Waals surface area contributed by atoms with Gasteiger partial charge in [-0.3, -0.25) is 0 Å². The summed E-state index contributed by atoms with van der Waals surface area (Å²) in [5.74, 6) is 3.11. The topological polar surface area (TPSA) is 71.7 Å². The maximum Gasteiger partial charge on any atom is 0.216 e. The van der Waals surface area contributed by atoms with E-state index in [0.717, 1.165) is 29.6 Å². The van der Waals surface area contributed by atoms with Crippen molar-refractivity contribution >= 4 is 29.9 Å². The summed E-state index contributed by atoms with van der Waals surface area (Å²) in [5.41, 5.74) is 1.08. The fourth-order valence-corrected chi connectivity index (χ4v) is 2.27. The molecule has 0 spiro atoms. The van der Waals surface area contributed by atoms with Gasteiger partial charge in [0.1, 0.15) is 24.7 Å². The SMILES string of the molecule is CCNC(=NCc1ncc(C(C)(C)C)o1)NCCOc1ccccc1C.I. The van der Waals surface area contributed by atoms with Gasteiger partial charge < -0.3 is 19.8 Å². The number of hydrogen-bond acceptors (Lipinski definition) is 4. The third-order valence-corrected chi connectivity index (χ3v) is 3.76. The lowest BCUT2D eigenvalue weighted by Crippen LogP contribution is -2.39. The van der Waals surface area contributed by atoms with Crippen LogP contribution in [-0.4, -0.2) is 30.6 Å². The summed E-state index contributed by atoms with van der Waals surface area (Å²) in [6, 6.07) is 7.99. The molecule has 2 aromatic rings. The monoisotopic (exact) mass is 486 g/mol. The normalized spacial score (nSPS) is 11.7. The van der Waals surface area contributed by atoms with E-state index in [4.69, 9.17) is 9.15 Å². The lowest BCUT2D eigenvalue weighted by atomic mass is 9.94. The molecule has 6 nitrogen and oxygen atoms in total. The van der Waals surface area contributed by atoms with Crippen LogP contribution >= 0.6 is 24.0 Å². The fraction of sp³-hybridized carbons (Fsp3) is 0.500. The zero-order valence-electron chi connectivity index (χ0n) is 16.8. The summed E-state index contributed by atoms with van der Waals surface area (Å²) in [5, 5.41) is 6.48. The van der Waals surface area contributed by atoms with Gasteiger partial charge in [-0.15, -0.1) is 24.0 Å². The van der Waals surface area contributed by atoms with Gasteiger partial charge in [0.2, 0.25) is 5.89 Å². The number of halogens is 1. The van der Waals surface area contributed by atoms with Gasteiger partial charge in [-0.25, -0.2) is 9.98 Å². The Morgan fingerprint density at radius 2 is 1.96 bits per heavy atom. The average molecular weight is 486 g/mol. The van der Waals surface area contributed by atoms with E-state index < -0.39 is 0 Å². The molecule has 0 aliphatic rings. The van der Waals surface area contributed by atoms with Crippen molar-refractivity contribution in [3.8, 4) is 5.75 Å². The first-order chi connectivity index (χ1) is 12.4. The fourth-order valence-electron chi connectivity index (χ4n) is 2.27. The summed E-state index contributed by atoms with van der Waals surface area (Å²) in [6.07, 6.45) is 1.78. The van der Waals surface area contributed by atoms with Crippen LogP contribution in [-0.2, 0) is 12.0 Å². The Bertz CT molecular complexity index is 723. The molecule has 1 heterocycles. The zero-order chi connectivity index (χ0) is 19.0. The van der Waals surface area contributed by atoms with E-state index in [1.807, 2.05) is 38.1 Å². The van der Waals surface area contributed by atoms with Gasteiger partial charge >= 0.3 is 0 Å². The van der Waals surface area contributed by atoms with Crippen LogP contribution in [0.4, 0.5) is 0 Å². The predicted octanol–water partition coefficient (Wildman–Crippen LogP) is 4.03. The van der Waals surface area contributed by atoms with E-state index >= 15 is 0 Å². The minimum atomic E-state index is -0.0510. The third kappa shape index (κ3) is 7.78. The number of rotatable bonds is 7. The van der Waals surface area contributed by atoms with Crippen LogP contribution < -0.4 is 15.4 Å². The molecule has 1 aromatic carbocycles. The maximum atomic E-state index is 5.79. The molecular weight excluding hydrogens is 455 g/mol. The first-order valence-electron chi connectivity index (χ1n) is 9.06. The van der Waals surface area contributed by atoms with Crippen molar-refractivity contribution < 1.29 is 9.15 Å². The van der Waals surface area contributed by atoms with Crippen molar-refractivity contribution in [2.24, 2.45) is 4.99 Å². The van der Waals surface area contributed by atoms with Gasteiger partial charge in [-0.1, -0.05) is 39.0 Å². The van der Waals surface area contributed by atoms with Crippen LogP contribution in [0.3, 0.4) is 0 Å². The van der Waals surface area contributed by atoms with Gasteiger partial charge in [-0.05, 0) is 25.5 Å². The molecule has 27 heavy (non-hydrogen) atoms. The Kier molecular flexibility index (Phi) is 9.62. The lowest BCUT2D eigenvalue weighted by Gasteiger charge is -2.13. The molecule has 0 saturated heterocycles. The lowest BCUT2D eigenvalue weighted by molar-refractivity contribution is 0.319. The number of hydrogen-bond donors (Lipinski definition) is 2. The summed E-state index contributed by atoms with van der Waals surface area (Å²) in [4.78, 5) is 8.83. The van der Waals surface area contributed by atoms with Gasteiger partial charge in [0.15, 0.2) is 5.96 Å². The summed E-state index contributed by atoms with van der Waals surface area (Å²) >= 11 is 0. The number of benzene rings is 1. The average Bonchev–Trinajstić information content (AvgIpc) is 3.07. The van der Waals surface area contributed by atoms with E-state index in [9.17, 15) is 0 Å². The summed E-state index contributed by atoms with van der Waals surface area (Å²) in [7, 11) is 0. The van der Waals surface area contributed by atoms with Crippen LogP contribution in [0, 0.1) is 6.92 Å². The molecule has 2 rings (SSSR count). The van der Waals surface area contributed by atoms with E-state index in [1.54, 1.807) is 6.20 Å². The molecule has 1 aromatic heterocycles. The molecule has 0 radical (unpaired) electrons. The molecule has 0 aliphatic heterocycles. The molecule has 0 atom stereocenters. The number of aromatic nitrogens is 1. The molecule has 0 unspecified atom stereocenters. The molecule has 0 fully saturated rings. The minimum Gasteiger partial charge on any atom is -0.491 e. The van der Waals surface area contributed by atoms with Gasteiger partial charge in [0.25, 0.3) is 0 Å². The summed E-state index contributed by atoms with van der Waals surface area (Å²) in [6.45, 7) is 12.7. The second-order valence-corrected chi connectivity index (χ2v) is 7.10. The number of nitrogens with one attached hydrogen (secondary N) is 2. The zero-order valence-corrected chi connectivity index (χ0v) is 19.2. The number of aryl methyl sites for hydroxylation is 1. The van der Waals surface area contributed by atoms with Crippen LogP contribution in [0.2, 0.25) is 0 Å². The summed E-state index contributed by atoms with van der Waals surface area (Å²) < 4.78 is 11.6. The molecule has 2 N–H and O–H groups in total. The second-order valence-electron chi connectivity index (χ2n) is 7.10. The van der Waals surface area contributed by atoms with Crippen molar-refractivity contribution in [1.29, 1.82) is 0 Å². The van der Waals surface area contributed by atoms with E-state index in [0.29, 0.717) is 25.6 Å². The van der Waals surface area contributed by atoms with Crippen molar-refractivity contribution in [2.75, 3.05) is 19.7 Å². The molecule has 7 heteroatoms. The molecule has 150 valence electrons. The quantitative estimate of drug-likeness (QED) is 0.268. The van der Waals surface area contributed by atoms with Gasteiger partial charge in [0, 0.05) is 12.0 Å². The maximum absolute atomic E-state index is 5.79. The third-order valence-electron chi connectivity index (χ3n) is 3.76. The number of para-hydroxylation sites is 1. The van der Waals surface area contributed by atoms with E-state index in [-0.39, 0.29) is 29.4 Å². The van der Waals surface area contributed by atoms with Crippen molar-refractivity contribution in [1.82, 2.24) is 15.6 Å². The van der Waals surface area contributed by atoms with Crippen LogP contribution in [0.15, 0.2) is 39.9 Å². The highest BCUT2D eigenvalue weighted by molar-refractivity contribution is 14.0. The first-order valence-corrected chi connectivity index (χ1v) is 9.06. The number of ether oxygens (including phenoxy) is 1. The standard InChI is InChI=1S/C20H30N4O2.HI/c1-6-21-19(22-11-12-25-16-10-8-7-9-15(16)2)24-14-18-23-13-17(26-18)20(3,4)5;/h7-10,13H,6,11-12,14H2,1-5H3,(H2,21,22,24);1H. The Labute approximate surface area is 179 Å². The molecule has 0 saturated carbocycles. The number of guanidine groups is 1. The van der Waals surface area contributed by atoms with Crippen molar-refractivity contribution in [3.63, 3.8) is 0 Å². The largest absolute Gasteiger partial charge is 0.491 e. The smallest absolute Gasteiger partial charge is 0.216 e.